The molecule has 0 aliphatic carbocycles. The normalized spacial score (nSPS) is 12.3. The molecule has 23 heavy (non-hydrogen) atoms. The van der Waals surface area contributed by atoms with Crippen LogP contribution in [-0.2, 0) is 11.3 Å². The lowest BCUT2D eigenvalue weighted by atomic mass is 10.2. The molecule has 10 heteroatoms. The summed E-state index contributed by atoms with van der Waals surface area (Å²) in [5.74, 6) is -1.19. The monoisotopic (exact) mass is 344 g/mol. The summed E-state index contributed by atoms with van der Waals surface area (Å²) in [5.41, 5.74) is 0.575. The molecule has 0 bridgehead atoms. The molecule has 0 aliphatic heterocycles. The first-order valence-electron chi connectivity index (χ1n) is 6.31. The fourth-order valence-corrected chi connectivity index (χ4v) is 1.66. The van der Waals surface area contributed by atoms with Crippen LogP contribution in [0.1, 0.15) is 5.56 Å². The zero-order valence-corrected chi connectivity index (χ0v) is 12.0. The van der Waals surface area contributed by atoms with Gasteiger partial charge in [0.1, 0.15) is 12.3 Å². The van der Waals surface area contributed by atoms with E-state index >= 15 is 0 Å². The Morgan fingerprint density at radius 2 is 1.70 bits per heavy atom. The molecule has 0 saturated heterocycles. The maximum absolute atomic E-state index is 12.0. The van der Waals surface area contributed by atoms with Gasteiger partial charge in [0.15, 0.2) is 0 Å². The van der Waals surface area contributed by atoms with E-state index in [1.807, 2.05) is 0 Å². The Labute approximate surface area is 128 Å². The van der Waals surface area contributed by atoms with E-state index in [1.54, 1.807) is 5.32 Å². The van der Waals surface area contributed by atoms with E-state index < -0.39 is 25.0 Å². The zero-order valence-electron chi connectivity index (χ0n) is 12.0. The number of hydrogen-bond acceptors (Lipinski definition) is 3. The van der Waals surface area contributed by atoms with Crippen LogP contribution in [0.3, 0.4) is 0 Å². The highest BCUT2D eigenvalue weighted by Crippen LogP contribution is 2.22. The van der Waals surface area contributed by atoms with Crippen LogP contribution in [0.25, 0.3) is 0 Å². The van der Waals surface area contributed by atoms with Gasteiger partial charge in [-0.05, 0) is 24.7 Å². The number of hydrogen-bond donors (Lipinski definition) is 1. The Hall–Kier alpha value is -1.97. The standard InChI is InChI=1S/C13H14F6N2O2/c1-21(7-11(22)20-8-12(14,15)16)6-9-2-4-10(5-3-9)23-13(17,18)19/h2-5H,6-8H2,1H3,(H,20,22). The van der Waals surface area contributed by atoms with Crippen LogP contribution in [0.5, 0.6) is 5.75 Å². The largest absolute Gasteiger partial charge is 0.573 e. The second kappa shape index (κ2) is 7.53. The van der Waals surface area contributed by atoms with E-state index in [1.165, 1.54) is 24.1 Å². The van der Waals surface area contributed by atoms with Gasteiger partial charge in [0.05, 0.1) is 6.54 Å². The molecule has 1 aromatic carbocycles. The van der Waals surface area contributed by atoms with Gasteiger partial charge in [-0.1, -0.05) is 12.1 Å². The Kier molecular flexibility index (Phi) is 6.25. The van der Waals surface area contributed by atoms with E-state index in [0.29, 0.717) is 5.56 Å². The average molecular weight is 344 g/mol. The van der Waals surface area contributed by atoms with Crippen molar-refractivity contribution in [1.82, 2.24) is 10.2 Å². The summed E-state index contributed by atoms with van der Waals surface area (Å²) >= 11 is 0. The molecule has 0 aliphatic rings. The molecule has 4 nitrogen and oxygen atoms in total. The molecule has 0 aromatic heterocycles. The molecule has 0 fully saturated rings. The molecule has 0 spiro atoms. The van der Waals surface area contributed by atoms with Crippen LogP contribution in [-0.4, -0.2) is 43.5 Å². The van der Waals surface area contributed by atoms with Crippen molar-refractivity contribution < 1.29 is 35.9 Å². The highest BCUT2D eigenvalue weighted by molar-refractivity contribution is 5.78. The number of benzene rings is 1. The quantitative estimate of drug-likeness (QED) is 0.807. The highest BCUT2D eigenvalue weighted by atomic mass is 19.4. The molecule has 1 N–H and O–H groups in total. The first-order valence-corrected chi connectivity index (χ1v) is 6.31. The number of ether oxygens (including phenoxy) is 1. The van der Waals surface area contributed by atoms with E-state index in [-0.39, 0.29) is 18.8 Å². The Morgan fingerprint density at radius 1 is 1.13 bits per heavy atom. The Morgan fingerprint density at radius 3 is 2.17 bits per heavy atom. The van der Waals surface area contributed by atoms with Gasteiger partial charge in [-0.2, -0.15) is 13.2 Å². The van der Waals surface area contributed by atoms with Crippen LogP contribution in [0.15, 0.2) is 24.3 Å². The summed E-state index contributed by atoms with van der Waals surface area (Å²) in [6.07, 6.45) is -9.27. The van der Waals surface area contributed by atoms with Crippen LogP contribution in [0.4, 0.5) is 26.3 Å². The topological polar surface area (TPSA) is 41.6 Å². The molecule has 0 heterocycles. The molecule has 0 radical (unpaired) electrons. The van der Waals surface area contributed by atoms with Crippen molar-refractivity contribution in [3.05, 3.63) is 29.8 Å². The van der Waals surface area contributed by atoms with Gasteiger partial charge in [-0.15, -0.1) is 13.2 Å². The molecule has 130 valence electrons. The van der Waals surface area contributed by atoms with Gasteiger partial charge in [0.2, 0.25) is 5.91 Å². The van der Waals surface area contributed by atoms with Crippen molar-refractivity contribution in [2.45, 2.75) is 19.1 Å². The Balaban J connectivity index is 2.45. The van der Waals surface area contributed by atoms with Crippen molar-refractivity contribution >= 4 is 5.91 Å². The molecule has 1 amide bonds. The van der Waals surface area contributed by atoms with Crippen LogP contribution >= 0.6 is 0 Å². The van der Waals surface area contributed by atoms with Gasteiger partial charge < -0.3 is 10.1 Å². The number of likely N-dealkylation sites (N-methyl/N-ethyl adjacent to an activating group) is 1. The number of nitrogens with zero attached hydrogens (tertiary/aromatic N) is 1. The van der Waals surface area contributed by atoms with Crippen molar-refractivity contribution in [3.63, 3.8) is 0 Å². The molecule has 0 atom stereocenters. The number of carbonyl (C=O) groups is 1. The third kappa shape index (κ3) is 8.91. The Bertz CT molecular complexity index is 513. The van der Waals surface area contributed by atoms with Crippen LogP contribution < -0.4 is 10.1 Å². The van der Waals surface area contributed by atoms with E-state index in [0.717, 1.165) is 12.1 Å². The fraction of sp³-hybridized carbons (Fsp3) is 0.462. The first-order chi connectivity index (χ1) is 10.4. The maximum Gasteiger partial charge on any atom is 0.573 e. The van der Waals surface area contributed by atoms with Gasteiger partial charge in [0, 0.05) is 6.54 Å². The van der Waals surface area contributed by atoms with E-state index in [2.05, 4.69) is 4.74 Å². The third-order valence-electron chi connectivity index (χ3n) is 2.51. The predicted molar refractivity (Wildman–Crippen MR) is 68.5 cm³/mol. The van der Waals surface area contributed by atoms with Gasteiger partial charge in [-0.25, -0.2) is 0 Å². The number of alkyl halides is 6. The average Bonchev–Trinajstić information content (AvgIpc) is 2.36. The van der Waals surface area contributed by atoms with Gasteiger partial charge in [-0.3, -0.25) is 9.69 Å². The predicted octanol–water partition coefficient (Wildman–Crippen LogP) is 2.70. The summed E-state index contributed by atoms with van der Waals surface area (Å²) in [4.78, 5) is 12.7. The summed E-state index contributed by atoms with van der Waals surface area (Å²) in [6.45, 7) is -1.52. The molecule has 1 aromatic rings. The SMILES string of the molecule is CN(CC(=O)NCC(F)(F)F)Cc1ccc(OC(F)(F)F)cc1. The van der Waals surface area contributed by atoms with E-state index in [4.69, 9.17) is 0 Å². The van der Waals surface area contributed by atoms with Crippen LogP contribution in [0.2, 0.25) is 0 Å². The summed E-state index contributed by atoms with van der Waals surface area (Å²) in [7, 11) is 1.49. The lowest BCUT2D eigenvalue weighted by Crippen LogP contribution is -2.39. The van der Waals surface area contributed by atoms with Crippen molar-refractivity contribution in [2.24, 2.45) is 0 Å². The summed E-state index contributed by atoms with van der Waals surface area (Å²) in [5, 5.41) is 1.72. The minimum Gasteiger partial charge on any atom is -0.406 e. The lowest BCUT2D eigenvalue weighted by Gasteiger charge is -2.17. The number of carbonyl (C=O) groups excluding carboxylic acids is 1. The minimum atomic E-state index is -4.78. The van der Waals surface area contributed by atoms with Gasteiger partial charge >= 0.3 is 12.5 Å². The fourth-order valence-electron chi connectivity index (χ4n) is 1.66. The number of nitrogens with one attached hydrogen (secondary N) is 1. The van der Waals surface area contributed by atoms with Crippen molar-refractivity contribution in [3.8, 4) is 5.75 Å². The smallest absolute Gasteiger partial charge is 0.406 e. The van der Waals surface area contributed by atoms with Gasteiger partial charge in [0.25, 0.3) is 0 Å². The zero-order chi connectivity index (χ0) is 17.7. The number of rotatable bonds is 6. The second-order valence-electron chi connectivity index (χ2n) is 4.76. The molecule has 0 unspecified atom stereocenters. The lowest BCUT2D eigenvalue weighted by molar-refractivity contribution is -0.274. The second-order valence-corrected chi connectivity index (χ2v) is 4.76. The first kappa shape index (κ1) is 19.1. The third-order valence-corrected chi connectivity index (χ3v) is 2.51. The van der Waals surface area contributed by atoms with E-state index in [9.17, 15) is 31.1 Å². The van der Waals surface area contributed by atoms with Crippen molar-refractivity contribution in [1.29, 1.82) is 0 Å². The molecular formula is C13H14F6N2O2. The molecule has 1 rings (SSSR count). The number of halogens is 6. The maximum atomic E-state index is 12.0. The highest BCUT2D eigenvalue weighted by Gasteiger charge is 2.31. The van der Waals surface area contributed by atoms with Crippen molar-refractivity contribution in [2.75, 3.05) is 20.1 Å². The summed E-state index contributed by atoms with van der Waals surface area (Å²) < 4.78 is 75.5. The molecular weight excluding hydrogens is 330 g/mol. The van der Waals surface area contributed by atoms with Crippen LogP contribution in [0, 0.1) is 0 Å². The number of amides is 1. The minimum absolute atomic E-state index is 0.172. The summed E-state index contributed by atoms with van der Waals surface area (Å²) in [6, 6.07) is 4.96. The molecule has 0 saturated carbocycles.